The van der Waals surface area contributed by atoms with Crippen molar-refractivity contribution in [3.8, 4) is 11.5 Å². The van der Waals surface area contributed by atoms with Crippen LogP contribution in [0.25, 0.3) is 0 Å². The normalized spacial score (nSPS) is 10.5. The van der Waals surface area contributed by atoms with Crippen molar-refractivity contribution in [2.24, 2.45) is 0 Å². The van der Waals surface area contributed by atoms with Gasteiger partial charge in [0.25, 0.3) is 0 Å². The smallest absolute Gasteiger partial charge is 0.234 e. The van der Waals surface area contributed by atoms with Crippen LogP contribution in [0.15, 0.2) is 29.4 Å². The molecule has 0 fully saturated rings. The Labute approximate surface area is 157 Å². The molecular weight excluding hydrogens is 354 g/mol. The molecule has 0 aliphatic rings. The molecule has 0 atom stereocenters. The van der Waals surface area contributed by atoms with E-state index in [1.165, 1.54) is 11.8 Å². The number of rotatable bonds is 9. The van der Waals surface area contributed by atoms with Crippen molar-refractivity contribution in [3.63, 3.8) is 0 Å². The van der Waals surface area contributed by atoms with Crippen LogP contribution in [0.4, 0.5) is 5.69 Å². The second-order valence-electron chi connectivity index (χ2n) is 5.48. The minimum atomic E-state index is -0.147. The molecule has 26 heavy (non-hydrogen) atoms. The topological polar surface area (TPSA) is 82.6 Å². The number of anilines is 1. The minimum absolute atomic E-state index is 0.147. The molecule has 2 rings (SSSR count). The molecule has 0 aliphatic carbocycles. The third kappa shape index (κ3) is 6.20. The molecule has 7 nitrogen and oxygen atoms in total. The maximum atomic E-state index is 12.2. The van der Waals surface area contributed by atoms with Crippen LogP contribution in [0, 0.1) is 13.8 Å². The van der Waals surface area contributed by atoms with Crippen LogP contribution in [0.5, 0.6) is 11.5 Å². The number of carbonyl (C=O) groups is 1. The SMILES string of the molecule is COCCOc1cc(NC(=O)CSc2nc(C)cc(C)n2)ccc1OC. The molecule has 1 N–H and O–H groups in total. The van der Waals surface area contributed by atoms with E-state index in [-0.39, 0.29) is 11.7 Å². The van der Waals surface area contributed by atoms with Crippen LogP contribution < -0.4 is 14.8 Å². The van der Waals surface area contributed by atoms with Gasteiger partial charge in [-0.1, -0.05) is 11.8 Å². The maximum absolute atomic E-state index is 12.2. The second kappa shape index (κ2) is 9.98. The molecule has 1 amide bonds. The number of hydrogen-bond acceptors (Lipinski definition) is 7. The molecule has 0 bridgehead atoms. The van der Waals surface area contributed by atoms with Crippen molar-refractivity contribution in [2.75, 3.05) is 38.5 Å². The highest BCUT2D eigenvalue weighted by atomic mass is 32.2. The number of amides is 1. The number of ether oxygens (including phenoxy) is 3. The Morgan fingerprint density at radius 2 is 1.81 bits per heavy atom. The van der Waals surface area contributed by atoms with E-state index in [0.717, 1.165) is 11.4 Å². The Kier molecular flexibility index (Phi) is 7.68. The number of benzene rings is 1. The third-order valence-corrected chi connectivity index (χ3v) is 4.13. The first-order chi connectivity index (χ1) is 12.5. The summed E-state index contributed by atoms with van der Waals surface area (Å²) < 4.78 is 15.9. The fourth-order valence-corrected chi connectivity index (χ4v) is 2.94. The zero-order chi connectivity index (χ0) is 18.9. The fraction of sp³-hybridized carbons (Fsp3) is 0.389. The minimum Gasteiger partial charge on any atom is -0.493 e. The lowest BCUT2D eigenvalue weighted by Crippen LogP contribution is -2.14. The van der Waals surface area contributed by atoms with E-state index < -0.39 is 0 Å². The summed E-state index contributed by atoms with van der Waals surface area (Å²) in [5.74, 6) is 1.21. The van der Waals surface area contributed by atoms with Gasteiger partial charge in [-0.3, -0.25) is 4.79 Å². The van der Waals surface area contributed by atoms with Crippen molar-refractivity contribution in [1.82, 2.24) is 9.97 Å². The lowest BCUT2D eigenvalue weighted by Gasteiger charge is -2.12. The van der Waals surface area contributed by atoms with Crippen LogP contribution in [0.2, 0.25) is 0 Å². The summed E-state index contributed by atoms with van der Waals surface area (Å²) in [5.41, 5.74) is 2.40. The number of nitrogens with zero attached hydrogens (tertiary/aromatic N) is 2. The number of nitrogens with one attached hydrogen (secondary N) is 1. The average Bonchev–Trinajstić information content (AvgIpc) is 2.60. The number of hydrogen-bond donors (Lipinski definition) is 1. The van der Waals surface area contributed by atoms with Gasteiger partial charge in [-0.05, 0) is 32.0 Å². The Morgan fingerprint density at radius 3 is 2.46 bits per heavy atom. The largest absolute Gasteiger partial charge is 0.493 e. The molecule has 0 saturated carbocycles. The lowest BCUT2D eigenvalue weighted by atomic mass is 10.2. The second-order valence-corrected chi connectivity index (χ2v) is 6.42. The zero-order valence-corrected chi connectivity index (χ0v) is 16.2. The molecule has 1 aromatic carbocycles. The third-order valence-electron chi connectivity index (χ3n) is 3.29. The molecule has 0 spiro atoms. The highest BCUT2D eigenvalue weighted by Gasteiger charge is 2.10. The van der Waals surface area contributed by atoms with Crippen molar-refractivity contribution >= 4 is 23.4 Å². The first-order valence-electron chi connectivity index (χ1n) is 8.06. The fourth-order valence-electron chi connectivity index (χ4n) is 2.19. The Balaban J connectivity index is 1.96. The molecular formula is C18H23N3O4S. The van der Waals surface area contributed by atoms with Crippen LogP contribution in [0.3, 0.4) is 0 Å². The van der Waals surface area contributed by atoms with Crippen LogP contribution >= 0.6 is 11.8 Å². The van der Waals surface area contributed by atoms with Gasteiger partial charge < -0.3 is 19.5 Å². The Bertz CT molecular complexity index is 735. The molecule has 1 heterocycles. The van der Waals surface area contributed by atoms with E-state index in [4.69, 9.17) is 14.2 Å². The molecule has 0 aliphatic heterocycles. The highest BCUT2D eigenvalue weighted by molar-refractivity contribution is 7.99. The van der Waals surface area contributed by atoms with Crippen LogP contribution in [-0.4, -0.2) is 49.1 Å². The maximum Gasteiger partial charge on any atom is 0.234 e. The van der Waals surface area contributed by atoms with Crippen molar-refractivity contribution in [2.45, 2.75) is 19.0 Å². The van der Waals surface area contributed by atoms with Gasteiger partial charge in [-0.25, -0.2) is 9.97 Å². The van der Waals surface area contributed by atoms with Gasteiger partial charge in [-0.2, -0.15) is 0 Å². The van der Waals surface area contributed by atoms with Gasteiger partial charge >= 0.3 is 0 Å². The number of thioether (sulfide) groups is 1. The average molecular weight is 377 g/mol. The van der Waals surface area contributed by atoms with E-state index in [1.807, 2.05) is 19.9 Å². The monoisotopic (exact) mass is 377 g/mol. The first-order valence-corrected chi connectivity index (χ1v) is 9.05. The number of aryl methyl sites for hydroxylation is 2. The van der Waals surface area contributed by atoms with Gasteiger partial charge in [0.05, 0.1) is 19.5 Å². The van der Waals surface area contributed by atoms with E-state index in [1.54, 1.807) is 32.4 Å². The van der Waals surface area contributed by atoms with Crippen LogP contribution in [0.1, 0.15) is 11.4 Å². The standard InChI is InChI=1S/C18H23N3O4S/c1-12-9-13(2)20-18(19-12)26-11-17(22)21-14-5-6-15(24-4)16(10-14)25-8-7-23-3/h5-6,9-10H,7-8,11H2,1-4H3,(H,21,22). The Morgan fingerprint density at radius 1 is 1.08 bits per heavy atom. The molecule has 2 aromatic rings. The summed E-state index contributed by atoms with van der Waals surface area (Å²) in [4.78, 5) is 20.8. The number of carbonyl (C=O) groups excluding carboxylic acids is 1. The zero-order valence-electron chi connectivity index (χ0n) is 15.4. The quantitative estimate of drug-likeness (QED) is 0.409. The van der Waals surface area contributed by atoms with Crippen molar-refractivity contribution < 1.29 is 19.0 Å². The number of methoxy groups -OCH3 is 2. The van der Waals surface area contributed by atoms with Gasteiger partial charge in [0.2, 0.25) is 5.91 Å². The summed E-state index contributed by atoms with van der Waals surface area (Å²) >= 11 is 1.30. The highest BCUT2D eigenvalue weighted by Crippen LogP contribution is 2.30. The van der Waals surface area contributed by atoms with Gasteiger partial charge in [0.1, 0.15) is 6.61 Å². The summed E-state index contributed by atoms with van der Waals surface area (Å²) in [7, 11) is 3.17. The molecule has 8 heteroatoms. The summed E-state index contributed by atoms with van der Waals surface area (Å²) in [5, 5.41) is 3.43. The van der Waals surface area contributed by atoms with Crippen molar-refractivity contribution in [1.29, 1.82) is 0 Å². The first kappa shape index (κ1) is 20.0. The molecule has 140 valence electrons. The molecule has 1 aromatic heterocycles. The summed E-state index contributed by atoms with van der Waals surface area (Å²) in [6.45, 7) is 4.67. The van der Waals surface area contributed by atoms with E-state index in [0.29, 0.717) is 35.6 Å². The summed E-state index contributed by atoms with van der Waals surface area (Å²) in [6.07, 6.45) is 0. The van der Waals surface area contributed by atoms with Crippen LogP contribution in [-0.2, 0) is 9.53 Å². The predicted octanol–water partition coefficient (Wildman–Crippen LogP) is 2.86. The Hall–Kier alpha value is -2.32. The molecule has 0 saturated heterocycles. The number of aromatic nitrogens is 2. The van der Waals surface area contributed by atoms with Crippen molar-refractivity contribution in [3.05, 3.63) is 35.7 Å². The summed E-state index contributed by atoms with van der Waals surface area (Å²) in [6, 6.07) is 7.13. The van der Waals surface area contributed by atoms with Gasteiger partial charge in [0, 0.05) is 30.3 Å². The van der Waals surface area contributed by atoms with E-state index >= 15 is 0 Å². The van der Waals surface area contributed by atoms with E-state index in [9.17, 15) is 4.79 Å². The van der Waals surface area contributed by atoms with Gasteiger partial charge in [0.15, 0.2) is 16.7 Å². The van der Waals surface area contributed by atoms with Gasteiger partial charge in [-0.15, -0.1) is 0 Å². The predicted molar refractivity (Wildman–Crippen MR) is 101 cm³/mol. The molecule has 0 radical (unpaired) electrons. The molecule has 0 unspecified atom stereocenters. The lowest BCUT2D eigenvalue weighted by molar-refractivity contribution is -0.113. The van der Waals surface area contributed by atoms with E-state index in [2.05, 4.69) is 15.3 Å².